The van der Waals surface area contributed by atoms with Gasteiger partial charge in [0.25, 0.3) is 11.9 Å². The van der Waals surface area contributed by atoms with Gasteiger partial charge in [-0.2, -0.15) is 0 Å². The number of methoxy groups -OCH3 is 1. The van der Waals surface area contributed by atoms with Crippen molar-refractivity contribution in [2.75, 3.05) is 20.3 Å². The molecule has 0 radical (unpaired) electrons. The summed E-state index contributed by atoms with van der Waals surface area (Å²) < 4.78 is 10.4. The second kappa shape index (κ2) is 9.80. The van der Waals surface area contributed by atoms with Gasteiger partial charge in [-0.15, -0.1) is 0 Å². The van der Waals surface area contributed by atoms with Gasteiger partial charge in [-0.05, 0) is 37.6 Å². The van der Waals surface area contributed by atoms with Crippen molar-refractivity contribution in [2.45, 2.75) is 33.1 Å². The highest BCUT2D eigenvalue weighted by molar-refractivity contribution is 6.04. The number of carbonyl (C=O) groups is 1. The number of nitrogens with one attached hydrogen (secondary N) is 1. The summed E-state index contributed by atoms with van der Waals surface area (Å²) >= 11 is 0. The zero-order valence-electron chi connectivity index (χ0n) is 13.0. The molecule has 0 saturated heterocycles. The lowest BCUT2D eigenvalue weighted by Crippen LogP contribution is -2.32. The van der Waals surface area contributed by atoms with E-state index in [1.807, 2.05) is 6.92 Å². The van der Waals surface area contributed by atoms with Crippen LogP contribution in [0.1, 0.15) is 43.5 Å². The Morgan fingerprint density at radius 2 is 1.90 bits per heavy atom. The number of amides is 1. The van der Waals surface area contributed by atoms with Gasteiger partial charge in [0.15, 0.2) is 0 Å². The molecule has 0 aliphatic heterocycles. The van der Waals surface area contributed by atoms with E-state index in [9.17, 15) is 4.79 Å². The van der Waals surface area contributed by atoms with Crippen molar-refractivity contribution in [3.63, 3.8) is 0 Å². The SMILES string of the molecule is CCCCCN=C(NC(=O)c1ccc(OC)cc1)OCC. The topological polar surface area (TPSA) is 59.9 Å². The third-order valence-corrected chi connectivity index (χ3v) is 2.87. The molecule has 0 spiro atoms. The van der Waals surface area contributed by atoms with Crippen LogP contribution < -0.4 is 10.1 Å². The summed E-state index contributed by atoms with van der Waals surface area (Å²) in [5.74, 6) is 0.477. The van der Waals surface area contributed by atoms with Crippen molar-refractivity contribution < 1.29 is 14.3 Å². The van der Waals surface area contributed by atoms with Gasteiger partial charge >= 0.3 is 0 Å². The molecule has 0 aliphatic carbocycles. The minimum Gasteiger partial charge on any atom is -0.497 e. The van der Waals surface area contributed by atoms with Crippen LogP contribution in [0, 0.1) is 0 Å². The summed E-state index contributed by atoms with van der Waals surface area (Å²) in [6, 6.07) is 7.18. The number of nitrogens with zero attached hydrogens (tertiary/aromatic N) is 1. The largest absolute Gasteiger partial charge is 0.497 e. The van der Waals surface area contributed by atoms with Crippen molar-refractivity contribution in [1.29, 1.82) is 0 Å². The van der Waals surface area contributed by atoms with E-state index < -0.39 is 0 Å². The van der Waals surface area contributed by atoms with Gasteiger partial charge in [-0.25, -0.2) is 4.99 Å². The Hall–Kier alpha value is -2.04. The van der Waals surface area contributed by atoms with Gasteiger partial charge in [0.1, 0.15) is 5.75 Å². The van der Waals surface area contributed by atoms with Crippen molar-refractivity contribution in [3.8, 4) is 5.75 Å². The second-order valence-corrected chi connectivity index (χ2v) is 4.51. The lowest BCUT2D eigenvalue weighted by Gasteiger charge is -2.09. The molecule has 1 aromatic rings. The molecule has 1 amide bonds. The Bertz CT molecular complexity index is 455. The van der Waals surface area contributed by atoms with Crippen LogP contribution in [-0.2, 0) is 4.74 Å². The highest BCUT2D eigenvalue weighted by atomic mass is 16.5. The maximum atomic E-state index is 12.1. The third kappa shape index (κ3) is 6.29. The molecule has 5 heteroatoms. The number of hydrogen-bond donors (Lipinski definition) is 1. The molecule has 0 fully saturated rings. The zero-order valence-corrected chi connectivity index (χ0v) is 13.0. The predicted molar refractivity (Wildman–Crippen MR) is 83.9 cm³/mol. The molecule has 21 heavy (non-hydrogen) atoms. The molecule has 5 nitrogen and oxygen atoms in total. The fourth-order valence-electron chi connectivity index (χ4n) is 1.71. The molecule has 116 valence electrons. The molecule has 0 aromatic heterocycles. The van der Waals surface area contributed by atoms with Crippen LogP contribution >= 0.6 is 0 Å². The van der Waals surface area contributed by atoms with Gasteiger partial charge in [-0.1, -0.05) is 19.8 Å². The molecule has 1 N–H and O–H groups in total. The van der Waals surface area contributed by atoms with E-state index in [0.29, 0.717) is 24.5 Å². The van der Waals surface area contributed by atoms with Crippen LogP contribution in [0.5, 0.6) is 5.75 Å². The number of amidine groups is 1. The first-order valence-electron chi connectivity index (χ1n) is 7.33. The number of rotatable bonds is 7. The monoisotopic (exact) mass is 292 g/mol. The molecule has 1 aromatic carbocycles. The first-order chi connectivity index (χ1) is 10.2. The molecule has 0 aliphatic rings. The summed E-state index contributed by atoms with van der Waals surface area (Å²) in [6.45, 7) is 5.13. The van der Waals surface area contributed by atoms with E-state index in [1.165, 1.54) is 0 Å². The van der Waals surface area contributed by atoms with Crippen molar-refractivity contribution in [2.24, 2.45) is 4.99 Å². The summed E-state index contributed by atoms with van der Waals surface area (Å²) in [7, 11) is 1.59. The molecular formula is C16H24N2O3. The van der Waals surface area contributed by atoms with Crippen LogP contribution in [0.25, 0.3) is 0 Å². The maximum absolute atomic E-state index is 12.1. The Balaban J connectivity index is 2.61. The fraction of sp³-hybridized carbons (Fsp3) is 0.500. The smallest absolute Gasteiger partial charge is 0.291 e. The van der Waals surface area contributed by atoms with E-state index in [4.69, 9.17) is 9.47 Å². The summed E-state index contributed by atoms with van der Waals surface area (Å²) in [6.07, 6.45) is 3.25. The molecule has 0 saturated carbocycles. The highest BCUT2D eigenvalue weighted by Gasteiger charge is 2.09. The molecule has 0 heterocycles. The van der Waals surface area contributed by atoms with Crippen molar-refractivity contribution >= 4 is 11.9 Å². The Morgan fingerprint density at radius 3 is 2.48 bits per heavy atom. The second-order valence-electron chi connectivity index (χ2n) is 4.51. The van der Waals surface area contributed by atoms with Gasteiger partial charge < -0.3 is 9.47 Å². The standard InChI is InChI=1S/C16H24N2O3/c1-4-6-7-12-17-16(21-5-2)18-15(19)13-8-10-14(20-3)11-9-13/h8-11H,4-7,12H2,1-3H3,(H,17,18,19). The first kappa shape index (κ1) is 17.0. The quantitative estimate of drug-likeness (QED) is 0.477. The average Bonchev–Trinajstić information content (AvgIpc) is 2.51. The lowest BCUT2D eigenvalue weighted by molar-refractivity contribution is 0.0966. The molecule has 0 atom stereocenters. The van der Waals surface area contributed by atoms with Crippen LogP contribution in [0.3, 0.4) is 0 Å². The van der Waals surface area contributed by atoms with E-state index in [1.54, 1.807) is 31.4 Å². The number of benzene rings is 1. The molecular weight excluding hydrogens is 268 g/mol. The van der Waals surface area contributed by atoms with E-state index in [-0.39, 0.29) is 11.9 Å². The summed E-state index contributed by atoms with van der Waals surface area (Å²) in [4.78, 5) is 16.4. The minimum absolute atomic E-state index is 0.236. The van der Waals surface area contributed by atoms with Crippen LogP contribution in [0.4, 0.5) is 0 Å². The van der Waals surface area contributed by atoms with E-state index >= 15 is 0 Å². The van der Waals surface area contributed by atoms with Gasteiger partial charge in [0.2, 0.25) is 0 Å². The Morgan fingerprint density at radius 1 is 1.19 bits per heavy atom. The third-order valence-electron chi connectivity index (χ3n) is 2.87. The van der Waals surface area contributed by atoms with Gasteiger partial charge in [0.05, 0.1) is 13.7 Å². The highest BCUT2D eigenvalue weighted by Crippen LogP contribution is 2.11. The van der Waals surface area contributed by atoms with Gasteiger partial charge in [0, 0.05) is 12.1 Å². The van der Waals surface area contributed by atoms with Crippen molar-refractivity contribution in [3.05, 3.63) is 29.8 Å². The van der Waals surface area contributed by atoms with Crippen molar-refractivity contribution in [1.82, 2.24) is 5.32 Å². The lowest BCUT2D eigenvalue weighted by atomic mass is 10.2. The van der Waals surface area contributed by atoms with E-state index in [0.717, 1.165) is 19.3 Å². The van der Waals surface area contributed by atoms with Crippen LogP contribution in [-0.4, -0.2) is 32.2 Å². The average molecular weight is 292 g/mol. The van der Waals surface area contributed by atoms with Crippen LogP contribution in [0.2, 0.25) is 0 Å². The number of unbranched alkanes of at least 4 members (excludes halogenated alkanes) is 2. The predicted octanol–water partition coefficient (Wildman–Crippen LogP) is 3.01. The number of ether oxygens (including phenoxy) is 2. The zero-order chi connectivity index (χ0) is 15.5. The first-order valence-corrected chi connectivity index (χ1v) is 7.33. The number of aliphatic imine (C=N–C) groups is 1. The number of carbonyl (C=O) groups excluding carboxylic acids is 1. The Labute approximate surface area is 126 Å². The van der Waals surface area contributed by atoms with Crippen LogP contribution in [0.15, 0.2) is 29.3 Å². The maximum Gasteiger partial charge on any atom is 0.291 e. The normalized spacial score (nSPS) is 11.1. The molecule has 1 rings (SSSR count). The van der Waals surface area contributed by atoms with E-state index in [2.05, 4.69) is 17.2 Å². The molecule has 0 bridgehead atoms. The summed E-state index contributed by atoms with van der Waals surface area (Å²) in [5.41, 5.74) is 0.539. The molecule has 0 unspecified atom stereocenters. The fourth-order valence-corrected chi connectivity index (χ4v) is 1.71. The number of hydrogen-bond acceptors (Lipinski definition) is 4. The Kier molecular flexibility index (Phi) is 7.94. The minimum atomic E-state index is -0.236. The summed E-state index contributed by atoms with van der Waals surface area (Å²) in [5, 5.41) is 2.70. The van der Waals surface area contributed by atoms with Gasteiger partial charge in [-0.3, -0.25) is 10.1 Å².